The molecule has 6 heteroatoms. The van der Waals surface area contributed by atoms with Crippen LogP contribution in [0.15, 0.2) is 48.7 Å². The Balaban J connectivity index is 1.27. The SMILES string of the molecule is O=C([C@@H]1CC=CCC1)N1CC(n2cc(COc3ccccc3)nn2)C1. The zero-order valence-electron chi connectivity index (χ0n) is 14.1. The number of carbonyl (C=O) groups excluding carboxylic acids is 1. The minimum absolute atomic E-state index is 0.163. The van der Waals surface area contributed by atoms with E-state index in [-0.39, 0.29) is 17.9 Å². The van der Waals surface area contributed by atoms with Crippen molar-refractivity contribution in [2.45, 2.75) is 31.9 Å². The third-order valence-electron chi connectivity index (χ3n) is 4.85. The lowest BCUT2D eigenvalue weighted by atomic mass is 9.91. The molecule has 25 heavy (non-hydrogen) atoms. The molecule has 1 aromatic heterocycles. The third-order valence-corrected chi connectivity index (χ3v) is 4.85. The number of hydrogen-bond acceptors (Lipinski definition) is 4. The lowest BCUT2D eigenvalue weighted by Gasteiger charge is -2.40. The van der Waals surface area contributed by atoms with Gasteiger partial charge in [0.2, 0.25) is 5.91 Å². The molecule has 4 rings (SSSR count). The Morgan fingerprint density at radius 2 is 2.04 bits per heavy atom. The Kier molecular flexibility index (Phi) is 4.50. The molecule has 0 spiro atoms. The fourth-order valence-electron chi connectivity index (χ4n) is 3.31. The van der Waals surface area contributed by atoms with Gasteiger partial charge >= 0.3 is 0 Å². The smallest absolute Gasteiger partial charge is 0.226 e. The molecule has 1 saturated heterocycles. The first-order valence-electron chi connectivity index (χ1n) is 8.82. The van der Waals surface area contributed by atoms with Crippen molar-refractivity contribution in [2.75, 3.05) is 13.1 Å². The van der Waals surface area contributed by atoms with Crippen LogP contribution >= 0.6 is 0 Å². The maximum atomic E-state index is 12.4. The van der Waals surface area contributed by atoms with E-state index >= 15 is 0 Å². The number of hydrogen-bond donors (Lipinski definition) is 0. The second kappa shape index (κ2) is 7.09. The summed E-state index contributed by atoms with van der Waals surface area (Å²) in [4.78, 5) is 14.4. The van der Waals surface area contributed by atoms with Gasteiger partial charge in [-0.1, -0.05) is 35.6 Å². The van der Waals surface area contributed by atoms with E-state index in [9.17, 15) is 4.79 Å². The Morgan fingerprint density at radius 1 is 1.20 bits per heavy atom. The molecule has 0 bridgehead atoms. The van der Waals surface area contributed by atoms with Gasteiger partial charge in [-0.25, -0.2) is 4.68 Å². The third kappa shape index (κ3) is 3.57. The first kappa shape index (κ1) is 15.9. The zero-order valence-corrected chi connectivity index (χ0v) is 14.1. The average molecular weight is 338 g/mol. The van der Waals surface area contributed by atoms with Gasteiger partial charge in [0.05, 0.1) is 12.2 Å². The van der Waals surface area contributed by atoms with E-state index in [1.165, 1.54) is 0 Å². The highest BCUT2D eigenvalue weighted by molar-refractivity contribution is 5.80. The number of likely N-dealkylation sites (tertiary alicyclic amines) is 1. The van der Waals surface area contributed by atoms with E-state index in [1.54, 1.807) is 0 Å². The number of amides is 1. The van der Waals surface area contributed by atoms with Crippen molar-refractivity contribution < 1.29 is 9.53 Å². The van der Waals surface area contributed by atoms with E-state index < -0.39 is 0 Å². The van der Waals surface area contributed by atoms with Crippen LogP contribution in [-0.2, 0) is 11.4 Å². The Labute approximate surface area is 147 Å². The van der Waals surface area contributed by atoms with Crippen LogP contribution in [-0.4, -0.2) is 38.9 Å². The standard InChI is InChI=1S/C19H22N4O2/c24-19(15-7-3-1-4-8-15)22-12-17(13-22)23-11-16(20-21-23)14-25-18-9-5-2-6-10-18/h1-3,5-6,9-11,15,17H,4,7-8,12-14H2/t15-/m1/s1. The molecule has 2 aliphatic rings. The van der Waals surface area contributed by atoms with E-state index in [0.717, 1.165) is 43.8 Å². The molecule has 6 nitrogen and oxygen atoms in total. The van der Waals surface area contributed by atoms with Crippen molar-refractivity contribution in [1.82, 2.24) is 19.9 Å². The van der Waals surface area contributed by atoms with Gasteiger partial charge in [0.25, 0.3) is 0 Å². The molecular weight excluding hydrogens is 316 g/mol. The number of benzene rings is 1. The monoisotopic (exact) mass is 338 g/mol. The summed E-state index contributed by atoms with van der Waals surface area (Å²) in [6, 6.07) is 9.89. The quantitative estimate of drug-likeness (QED) is 0.786. The molecule has 0 N–H and O–H groups in total. The molecule has 0 radical (unpaired) electrons. The summed E-state index contributed by atoms with van der Waals surface area (Å²) in [6.07, 6.45) is 9.07. The van der Waals surface area contributed by atoms with Gasteiger partial charge in [-0.15, -0.1) is 5.10 Å². The summed E-state index contributed by atoms with van der Waals surface area (Å²) < 4.78 is 7.54. The number of aromatic nitrogens is 3. The van der Waals surface area contributed by atoms with Crippen LogP contribution in [0, 0.1) is 5.92 Å². The van der Waals surface area contributed by atoms with Gasteiger partial charge in [0.1, 0.15) is 18.1 Å². The van der Waals surface area contributed by atoms with Crippen molar-refractivity contribution in [3.63, 3.8) is 0 Å². The van der Waals surface area contributed by atoms with Crippen LogP contribution in [0.5, 0.6) is 5.75 Å². The summed E-state index contributed by atoms with van der Waals surface area (Å²) in [7, 11) is 0. The Hall–Kier alpha value is -2.63. The zero-order chi connectivity index (χ0) is 17.1. The van der Waals surface area contributed by atoms with Crippen molar-refractivity contribution in [3.05, 3.63) is 54.4 Å². The summed E-state index contributed by atoms with van der Waals surface area (Å²) in [5.41, 5.74) is 0.797. The molecule has 0 unspecified atom stereocenters. The van der Waals surface area contributed by atoms with Gasteiger partial charge in [-0.3, -0.25) is 4.79 Å². The molecule has 1 aliphatic heterocycles. The molecule has 0 saturated carbocycles. The minimum atomic E-state index is 0.163. The fraction of sp³-hybridized carbons (Fsp3) is 0.421. The van der Waals surface area contributed by atoms with Gasteiger partial charge in [-0.05, 0) is 31.4 Å². The summed E-state index contributed by atoms with van der Waals surface area (Å²) in [5.74, 6) is 1.27. The van der Waals surface area contributed by atoms with Crippen molar-refractivity contribution >= 4 is 5.91 Å². The topological polar surface area (TPSA) is 60.2 Å². The molecule has 2 aromatic rings. The first-order chi connectivity index (χ1) is 12.3. The molecular formula is C19H22N4O2. The highest BCUT2D eigenvalue weighted by Crippen LogP contribution is 2.27. The van der Waals surface area contributed by atoms with Crippen LogP contribution in [0.2, 0.25) is 0 Å². The maximum absolute atomic E-state index is 12.4. The number of ether oxygens (including phenoxy) is 1. The summed E-state index contributed by atoms with van der Waals surface area (Å²) >= 11 is 0. The second-order valence-electron chi connectivity index (χ2n) is 6.67. The molecule has 1 aromatic carbocycles. The predicted octanol–water partition coefficient (Wildman–Crippen LogP) is 2.60. The van der Waals surface area contributed by atoms with E-state index in [0.29, 0.717) is 6.61 Å². The van der Waals surface area contributed by atoms with E-state index in [1.807, 2.05) is 46.1 Å². The predicted molar refractivity (Wildman–Crippen MR) is 92.9 cm³/mol. The van der Waals surface area contributed by atoms with Crippen LogP contribution < -0.4 is 4.74 Å². The number of rotatable bonds is 5. The highest BCUT2D eigenvalue weighted by atomic mass is 16.5. The Bertz CT molecular complexity index is 750. The molecule has 130 valence electrons. The average Bonchev–Trinajstić information content (AvgIpc) is 3.09. The lowest BCUT2D eigenvalue weighted by molar-refractivity contribution is -0.141. The largest absolute Gasteiger partial charge is 0.487 e. The van der Waals surface area contributed by atoms with Crippen molar-refractivity contribution in [1.29, 1.82) is 0 Å². The van der Waals surface area contributed by atoms with Gasteiger partial charge in [-0.2, -0.15) is 0 Å². The molecule has 1 amide bonds. The van der Waals surface area contributed by atoms with Crippen LogP contribution in [0.25, 0.3) is 0 Å². The van der Waals surface area contributed by atoms with Gasteiger partial charge < -0.3 is 9.64 Å². The van der Waals surface area contributed by atoms with E-state index in [4.69, 9.17) is 4.74 Å². The molecule has 1 fully saturated rings. The number of para-hydroxylation sites is 1. The van der Waals surface area contributed by atoms with Crippen LogP contribution in [0.4, 0.5) is 0 Å². The van der Waals surface area contributed by atoms with Crippen molar-refractivity contribution in [2.24, 2.45) is 5.92 Å². The number of nitrogens with zero attached hydrogens (tertiary/aromatic N) is 4. The number of allylic oxidation sites excluding steroid dienone is 2. The Morgan fingerprint density at radius 3 is 2.80 bits per heavy atom. The normalized spacial score (nSPS) is 20.3. The second-order valence-corrected chi connectivity index (χ2v) is 6.67. The van der Waals surface area contributed by atoms with Crippen molar-refractivity contribution in [3.8, 4) is 5.75 Å². The first-order valence-corrected chi connectivity index (χ1v) is 8.82. The minimum Gasteiger partial charge on any atom is -0.487 e. The van der Waals surface area contributed by atoms with Gasteiger partial charge in [0.15, 0.2) is 0 Å². The van der Waals surface area contributed by atoms with Crippen LogP contribution in [0.1, 0.15) is 31.0 Å². The summed E-state index contributed by atoms with van der Waals surface area (Å²) in [5, 5.41) is 8.36. The van der Waals surface area contributed by atoms with Gasteiger partial charge in [0, 0.05) is 19.0 Å². The molecule has 2 heterocycles. The molecule has 1 aliphatic carbocycles. The number of carbonyl (C=O) groups is 1. The van der Waals surface area contributed by atoms with Crippen LogP contribution in [0.3, 0.4) is 0 Å². The highest BCUT2D eigenvalue weighted by Gasteiger charge is 2.35. The lowest BCUT2D eigenvalue weighted by Crippen LogP contribution is -2.52. The fourth-order valence-corrected chi connectivity index (χ4v) is 3.31. The molecule has 1 atom stereocenters. The summed E-state index contributed by atoms with van der Waals surface area (Å²) in [6.45, 7) is 1.84. The maximum Gasteiger partial charge on any atom is 0.226 e. The van der Waals surface area contributed by atoms with E-state index in [2.05, 4.69) is 22.5 Å².